The average molecular weight is 253 g/mol. The summed E-state index contributed by atoms with van der Waals surface area (Å²) in [6.45, 7) is 7.94. The third-order valence-corrected chi connectivity index (χ3v) is 3.81. The Morgan fingerprint density at radius 2 is 2.00 bits per heavy atom. The van der Waals surface area contributed by atoms with E-state index in [1.165, 1.54) is 12.0 Å². The number of benzene rings is 1. The topological polar surface area (TPSA) is 15.3 Å². The van der Waals surface area contributed by atoms with E-state index in [1.807, 2.05) is 12.1 Å². The van der Waals surface area contributed by atoms with Gasteiger partial charge in [-0.25, -0.2) is 0 Å². The van der Waals surface area contributed by atoms with Gasteiger partial charge in [0.1, 0.15) is 0 Å². The largest absolute Gasteiger partial charge is 0.314 e. The quantitative estimate of drug-likeness (QED) is 0.867. The van der Waals surface area contributed by atoms with Crippen molar-refractivity contribution in [3.05, 3.63) is 34.9 Å². The third kappa shape index (κ3) is 3.01. The molecule has 0 radical (unpaired) electrons. The maximum atomic E-state index is 5.93. The molecule has 0 amide bonds. The van der Waals surface area contributed by atoms with E-state index in [1.54, 1.807) is 0 Å². The van der Waals surface area contributed by atoms with Crippen molar-refractivity contribution in [2.75, 3.05) is 19.6 Å². The van der Waals surface area contributed by atoms with Crippen molar-refractivity contribution in [3.63, 3.8) is 0 Å². The summed E-state index contributed by atoms with van der Waals surface area (Å²) >= 11 is 5.93. The van der Waals surface area contributed by atoms with E-state index in [0.29, 0.717) is 12.1 Å². The molecule has 1 heterocycles. The first-order chi connectivity index (χ1) is 8.22. The van der Waals surface area contributed by atoms with E-state index < -0.39 is 0 Å². The molecular formula is C14H21ClN2. The van der Waals surface area contributed by atoms with Gasteiger partial charge in [-0.1, -0.05) is 30.7 Å². The fraction of sp³-hybridized carbons (Fsp3) is 0.571. The van der Waals surface area contributed by atoms with E-state index in [2.05, 4.69) is 36.2 Å². The zero-order valence-electron chi connectivity index (χ0n) is 10.6. The molecule has 2 nitrogen and oxygen atoms in total. The third-order valence-electron chi connectivity index (χ3n) is 3.56. The molecule has 1 saturated heterocycles. The van der Waals surface area contributed by atoms with Crippen LogP contribution in [0.2, 0.25) is 5.02 Å². The second-order valence-corrected chi connectivity index (χ2v) is 5.21. The van der Waals surface area contributed by atoms with Crippen LogP contribution in [0.1, 0.15) is 31.9 Å². The second-order valence-electron chi connectivity index (χ2n) is 4.78. The monoisotopic (exact) mass is 252 g/mol. The van der Waals surface area contributed by atoms with Gasteiger partial charge in [-0.15, -0.1) is 0 Å². The number of halogens is 1. The molecule has 0 spiro atoms. The van der Waals surface area contributed by atoms with Crippen LogP contribution in [0, 0.1) is 0 Å². The molecule has 0 aromatic heterocycles. The highest BCUT2D eigenvalue weighted by Crippen LogP contribution is 2.25. The van der Waals surface area contributed by atoms with Crippen molar-refractivity contribution < 1.29 is 0 Å². The van der Waals surface area contributed by atoms with Gasteiger partial charge in [-0.05, 0) is 37.6 Å². The molecule has 1 atom stereocenters. The summed E-state index contributed by atoms with van der Waals surface area (Å²) in [6, 6.07) is 9.41. The SMILES string of the molecule is CCCN(C1CNC1)C(C)c1ccc(Cl)cc1. The van der Waals surface area contributed by atoms with Crippen LogP contribution in [-0.2, 0) is 0 Å². The number of hydrogen-bond acceptors (Lipinski definition) is 2. The van der Waals surface area contributed by atoms with Crippen LogP contribution >= 0.6 is 11.6 Å². The molecule has 0 saturated carbocycles. The molecule has 1 unspecified atom stereocenters. The predicted molar refractivity (Wildman–Crippen MR) is 73.5 cm³/mol. The summed E-state index contributed by atoms with van der Waals surface area (Å²) in [4.78, 5) is 2.60. The Morgan fingerprint density at radius 3 is 2.47 bits per heavy atom. The predicted octanol–water partition coefficient (Wildman–Crippen LogP) is 3.08. The van der Waals surface area contributed by atoms with Crippen molar-refractivity contribution in [2.24, 2.45) is 0 Å². The molecular weight excluding hydrogens is 232 g/mol. The molecule has 1 aromatic rings. The fourth-order valence-electron chi connectivity index (χ4n) is 2.39. The van der Waals surface area contributed by atoms with Gasteiger partial charge in [-0.3, -0.25) is 4.90 Å². The van der Waals surface area contributed by atoms with Crippen molar-refractivity contribution in [1.82, 2.24) is 10.2 Å². The number of rotatable bonds is 5. The number of hydrogen-bond donors (Lipinski definition) is 1. The van der Waals surface area contributed by atoms with Crippen molar-refractivity contribution in [3.8, 4) is 0 Å². The lowest BCUT2D eigenvalue weighted by atomic mass is 10.0. The molecule has 2 rings (SSSR count). The summed E-state index contributed by atoms with van der Waals surface area (Å²) in [7, 11) is 0. The normalized spacial score (nSPS) is 18.1. The van der Waals surface area contributed by atoms with Crippen LogP contribution in [0.4, 0.5) is 0 Å². The smallest absolute Gasteiger partial charge is 0.0406 e. The molecule has 1 aliphatic rings. The zero-order valence-corrected chi connectivity index (χ0v) is 11.4. The highest BCUT2D eigenvalue weighted by atomic mass is 35.5. The maximum Gasteiger partial charge on any atom is 0.0406 e. The first kappa shape index (κ1) is 12.9. The van der Waals surface area contributed by atoms with Crippen LogP contribution in [0.25, 0.3) is 0 Å². The Kier molecular flexibility index (Phi) is 4.43. The van der Waals surface area contributed by atoms with E-state index in [-0.39, 0.29) is 0 Å². The number of nitrogens with one attached hydrogen (secondary N) is 1. The summed E-state index contributed by atoms with van der Waals surface area (Å²) in [6.07, 6.45) is 1.20. The molecule has 1 aromatic carbocycles. The van der Waals surface area contributed by atoms with Crippen LogP contribution in [-0.4, -0.2) is 30.6 Å². The minimum atomic E-state index is 0.472. The molecule has 1 N–H and O–H groups in total. The molecule has 17 heavy (non-hydrogen) atoms. The Balaban J connectivity index is 2.09. The lowest BCUT2D eigenvalue weighted by molar-refractivity contribution is 0.103. The summed E-state index contributed by atoms with van der Waals surface area (Å²) < 4.78 is 0. The first-order valence-electron chi connectivity index (χ1n) is 6.44. The van der Waals surface area contributed by atoms with Crippen LogP contribution < -0.4 is 5.32 Å². The van der Waals surface area contributed by atoms with Gasteiger partial charge in [0.15, 0.2) is 0 Å². The summed E-state index contributed by atoms with van der Waals surface area (Å²) in [5, 5.41) is 4.17. The van der Waals surface area contributed by atoms with E-state index in [9.17, 15) is 0 Å². The molecule has 0 bridgehead atoms. The molecule has 3 heteroatoms. The van der Waals surface area contributed by atoms with Gasteiger partial charge >= 0.3 is 0 Å². The fourth-order valence-corrected chi connectivity index (χ4v) is 2.52. The minimum Gasteiger partial charge on any atom is -0.314 e. The Labute approximate surface area is 109 Å². The van der Waals surface area contributed by atoms with Gasteiger partial charge in [0.2, 0.25) is 0 Å². The van der Waals surface area contributed by atoms with E-state index in [4.69, 9.17) is 11.6 Å². The van der Waals surface area contributed by atoms with Crippen LogP contribution in [0.3, 0.4) is 0 Å². The first-order valence-corrected chi connectivity index (χ1v) is 6.82. The summed E-state index contributed by atoms with van der Waals surface area (Å²) in [5.74, 6) is 0. The highest BCUT2D eigenvalue weighted by Gasteiger charge is 2.28. The summed E-state index contributed by atoms with van der Waals surface area (Å²) in [5.41, 5.74) is 1.36. The lowest BCUT2D eigenvalue weighted by Crippen LogP contribution is -2.57. The van der Waals surface area contributed by atoms with E-state index >= 15 is 0 Å². The van der Waals surface area contributed by atoms with Gasteiger partial charge in [0, 0.05) is 30.2 Å². The van der Waals surface area contributed by atoms with Gasteiger partial charge < -0.3 is 5.32 Å². The van der Waals surface area contributed by atoms with Crippen LogP contribution in [0.5, 0.6) is 0 Å². The number of nitrogens with zero attached hydrogens (tertiary/aromatic N) is 1. The van der Waals surface area contributed by atoms with Gasteiger partial charge in [-0.2, -0.15) is 0 Å². The average Bonchev–Trinajstić information content (AvgIpc) is 2.26. The molecule has 94 valence electrons. The Bertz CT molecular complexity index is 346. The Hall–Kier alpha value is -0.570. The van der Waals surface area contributed by atoms with Gasteiger partial charge in [0.25, 0.3) is 0 Å². The zero-order chi connectivity index (χ0) is 12.3. The molecule has 1 aliphatic heterocycles. The van der Waals surface area contributed by atoms with Crippen molar-refractivity contribution >= 4 is 11.6 Å². The van der Waals surface area contributed by atoms with Crippen molar-refractivity contribution in [2.45, 2.75) is 32.4 Å². The maximum absolute atomic E-state index is 5.93. The minimum absolute atomic E-state index is 0.472. The van der Waals surface area contributed by atoms with Gasteiger partial charge in [0.05, 0.1) is 0 Å². The second kappa shape index (κ2) is 5.85. The Morgan fingerprint density at radius 1 is 1.35 bits per heavy atom. The molecule has 1 fully saturated rings. The molecule has 0 aliphatic carbocycles. The standard InChI is InChI=1S/C14H21ClN2/c1-3-8-17(14-9-16-10-14)11(2)12-4-6-13(15)7-5-12/h4-7,11,14,16H,3,8-10H2,1-2H3. The van der Waals surface area contributed by atoms with Crippen LogP contribution in [0.15, 0.2) is 24.3 Å². The van der Waals surface area contributed by atoms with Crippen molar-refractivity contribution in [1.29, 1.82) is 0 Å². The van der Waals surface area contributed by atoms with E-state index in [0.717, 1.165) is 24.7 Å². The highest BCUT2D eigenvalue weighted by molar-refractivity contribution is 6.30. The lowest BCUT2D eigenvalue weighted by Gasteiger charge is -2.42.